The van der Waals surface area contributed by atoms with Crippen molar-refractivity contribution in [3.63, 3.8) is 0 Å². The van der Waals surface area contributed by atoms with Crippen LogP contribution in [0.2, 0.25) is 0 Å². The number of benzene rings is 1. The molecule has 0 saturated heterocycles. The highest BCUT2D eigenvalue weighted by molar-refractivity contribution is 5.80. The number of aromatic nitrogens is 2. The van der Waals surface area contributed by atoms with Gasteiger partial charge in [0.2, 0.25) is 0 Å². The number of nitrogens with zero attached hydrogens (tertiary/aromatic N) is 3. The molecule has 2 N–H and O–H groups in total. The van der Waals surface area contributed by atoms with Gasteiger partial charge >= 0.3 is 0 Å². The zero-order chi connectivity index (χ0) is 14.0. The molecule has 0 radical (unpaired) electrons. The lowest BCUT2D eigenvalue weighted by Crippen LogP contribution is -2.22. The second-order valence-corrected chi connectivity index (χ2v) is 5.44. The molecule has 1 aromatic heterocycles. The van der Waals surface area contributed by atoms with Crippen molar-refractivity contribution < 1.29 is 0 Å². The Morgan fingerprint density at radius 1 is 1.42 bits per heavy atom. The average Bonchev–Trinajstić information content (AvgIpc) is 2.70. The van der Waals surface area contributed by atoms with Crippen molar-refractivity contribution in [3.05, 3.63) is 24.0 Å². The number of hydrogen-bond acceptors (Lipinski definition) is 3. The van der Waals surface area contributed by atoms with Gasteiger partial charge in [-0.15, -0.1) is 0 Å². The van der Waals surface area contributed by atoms with E-state index in [1.165, 1.54) is 11.2 Å². The van der Waals surface area contributed by atoms with E-state index >= 15 is 0 Å². The van der Waals surface area contributed by atoms with Gasteiger partial charge in [-0.05, 0) is 44.0 Å². The van der Waals surface area contributed by atoms with Crippen LogP contribution in [-0.4, -0.2) is 29.7 Å². The molecule has 0 spiro atoms. The van der Waals surface area contributed by atoms with E-state index in [2.05, 4.69) is 53.7 Å². The van der Waals surface area contributed by atoms with E-state index in [4.69, 9.17) is 5.73 Å². The van der Waals surface area contributed by atoms with Crippen molar-refractivity contribution in [1.82, 2.24) is 9.55 Å². The first-order valence-corrected chi connectivity index (χ1v) is 6.87. The maximum absolute atomic E-state index is 5.66. The molecule has 0 saturated carbocycles. The lowest BCUT2D eigenvalue weighted by molar-refractivity contribution is 0.545. The van der Waals surface area contributed by atoms with E-state index in [0.717, 1.165) is 30.9 Å². The van der Waals surface area contributed by atoms with Crippen LogP contribution in [0, 0.1) is 12.8 Å². The summed E-state index contributed by atoms with van der Waals surface area (Å²) in [7, 11) is 4.18. The molecule has 104 valence electrons. The van der Waals surface area contributed by atoms with E-state index < -0.39 is 0 Å². The molecule has 0 bridgehead atoms. The molecule has 0 aliphatic heterocycles. The first kappa shape index (κ1) is 13.9. The van der Waals surface area contributed by atoms with Gasteiger partial charge in [-0.25, -0.2) is 4.98 Å². The van der Waals surface area contributed by atoms with Crippen LogP contribution >= 0.6 is 0 Å². The quantitative estimate of drug-likeness (QED) is 0.897. The minimum Gasteiger partial charge on any atom is -0.375 e. The Morgan fingerprint density at radius 3 is 2.84 bits per heavy atom. The number of aryl methyl sites for hydroxylation is 2. The van der Waals surface area contributed by atoms with Crippen molar-refractivity contribution in [2.24, 2.45) is 18.7 Å². The summed E-state index contributed by atoms with van der Waals surface area (Å²) in [5.74, 6) is 1.62. The summed E-state index contributed by atoms with van der Waals surface area (Å²) in [5, 5.41) is 0. The molecule has 4 nitrogen and oxygen atoms in total. The highest BCUT2D eigenvalue weighted by Gasteiger charge is 2.08. The molecule has 0 aliphatic carbocycles. The summed E-state index contributed by atoms with van der Waals surface area (Å²) in [4.78, 5) is 6.86. The fourth-order valence-corrected chi connectivity index (χ4v) is 2.21. The molecule has 0 fully saturated rings. The van der Waals surface area contributed by atoms with E-state index in [-0.39, 0.29) is 0 Å². The predicted octanol–water partition coefficient (Wildman–Crippen LogP) is 2.30. The Balaban J connectivity index is 2.16. The Kier molecular flexibility index (Phi) is 4.10. The Bertz CT molecular complexity index is 559. The van der Waals surface area contributed by atoms with E-state index in [1.54, 1.807) is 0 Å². The largest absolute Gasteiger partial charge is 0.375 e. The average molecular weight is 260 g/mol. The SMILES string of the molecule is Cc1nc2cc(N(C)CCC(C)CN)ccc2n1C. The first-order chi connectivity index (χ1) is 9.02. The van der Waals surface area contributed by atoms with Crippen LogP contribution in [0.1, 0.15) is 19.2 Å². The molecule has 4 heteroatoms. The van der Waals surface area contributed by atoms with Crippen molar-refractivity contribution in [1.29, 1.82) is 0 Å². The number of anilines is 1. The Morgan fingerprint density at radius 2 is 2.16 bits per heavy atom. The van der Waals surface area contributed by atoms with Crippen molar-refractivity contribution in [2.75, 3.05) is 25.0 Å². The van der Waals surface area contributed by atoms with Crippen LogP contribution in [0.15, 0.2) is 18.2 Å². The van der Waals surface area contributed by atoms with Crippen molar-refractivity contribution in [3.8, 4) is 0 Å². The lowest BCUT2D eigenvalue weighted by atomic mass is 10.1. The summed E-state index contributed by atoms with van der Waals surface area (Å²) in [5.41, 5.74) is 9.13. The molecule has 1 aromatic carbocycles. The molecule has 2 aromatic rings. The third-order valence-corrected chi connectivity index (χ3v) is 3.89. The number of rotatable bonds is 5. The lowest BCUT2D eigenvalue weighted by Gasteiger charge is -2.21. The summed E-state index contributed by atoms with van der Waals surface area (Å²) in [6.45, 7) is 6.01. The standard InChI is InChI=1S/C15H24N4/c1-11(10-16)7-8-18(3)13-5-6-15-14(9-13)17-12(2)19(15)4/h5-6,9,11H,7-8,10,16H2,1-4H3. The summed E-state index contributed by atoms with van der Waals surface area (Å²) >= 11 is 0. The van der Waals surface area contributed by atoms with E-state index in [9.17, 15) is 0 Å². The van der Waals surface area contributed by atoms with Crippen molar-refractivity contribution in [2.45, 2.75) is 20.3 Å². The fourth-order valence-electron chi connectivity index (χ4n) is 2.21. The molecule has 0 amide bonds. The second-order valence-electron chi connectivity index (χ2n) is 5.44. The van der Waals surface area contributed by atoms with Crippen LogP contribution < -0.4 is 10.6 Å². The highest BCUT2D eigenvalue weighted by atomic mass is 15.1. The molecule has 1 atom stereocenters. The minimum absolute atomic E-state index is 0.572. The number of nitrogens with two attached hydrogens (primary N) is 1. The van der Waals surface area contributed by atoms with E-state index in [1.807, 2.05) is 6.92 Å². The van der Waals surface area contributed by atoms with Gasteiger partial charge in [0.25, 0.3) is 0 Å². The van der Waals surface area contributed by atoms with Gasteiger partial charge in [-0.2, -0.15) is 0 Å². The number of fused-ring (bicyclic) bond motifs is 1. The highest BCUT2D eigenvalue weighted by Crippen LogP contribution is 2.22. The van der Waals surface area contributed by atoms with Gasteiger partial charge in [0.05, 0.1) is 11.0 Å². The summed E-state index contributed by atoms with van der Waals surface area (Å²) in [6, 6.07) is 6.47. The van der Waals surface area contributed by atoms with Gasteiger partial charge in [0.1, 0.15) is 5.82 Å². The smallest absolute Gasteiger partial charge is 0.106 e. The third-order valence-electron chi connectivity index (χ3n) is 3.89. The summed E-state index contributed by atoms with van der Waals surface area (Å²) in [6.07, 6.45) is 1.12. The molecule has 2 rings (SSSR count). The minimum atomic E-state index is 0.572. The summed E-state index contributed by atoms with van der Waals surface area (Å²) < 4.78 is 2.12. The number of hydrogen-bond donors (Lipinski definition) is 1. The molecule has 1 heterocycles. The monoisotopic (exact) mass is 260 g/mol. The van der Waals surface area contributed by atoms with Gasteiger partial charge < -0.3 is 15.2 Å². The van der Waals surface area contributed by atoms with Crippen LogP contribution in [0.25, 0.3) is 11.0 Å². The Labute approximate surface area is 115 Å². The van der Waals surface area contributed by atoms with Gasteiger partial charge in [-0.3, -0.25) is 0 Å². The van der Waals surface area contributed by atoms with E-state index in [0.29, 0.717) is 5.92 Å². The normalized spacial score (nSPS) is 12.9. The molecule has 0 aliphatic rings. The third kappa shape index (κ3) is 2.89. The molecule has 1 unspecified atom stereocenters. The number of imidazole rings is 1. The predicted molar refractivity (Wildman–Crippen MR) is 81.6 cm³/mol. The van der Waals surface area contributed by atoms with Crippen LogP contribution in [0.5, 0.6) is 0 Å². The zero-order valence-corrected chi connectivity index (χ0v) is 12.3. The maximum atomic E-state index is 5.66. The fraction of sp³-hybridized carbons (Fsp3) is 0.533. The maximum Gasteiger partial charge on any atom is 0.106 e. The van der Waals surface area contributed by atoms with Gasteiger partial charge in [-0.1, -0.05) is 6.92 Å². The van der Waals surface area contributed by atoms with Crippen LogP contribution in [0.3, 0.4) is 0 Å². The van der Waals surface area contributed by atoms with Crippen LogP contribution in [0.4, 0.5) is 5.69 Å². The topological polar surface area (TPSA) is 47.1 Å². The molecule has 19 heavy (non-hydrogen) atoms. The van der Waals surface area contributed by atoms with Gasteiger partial charge in [0, 0.05) is 26.3 Å². The molecular weight excluding hydrogens is 236 g/mol. The van der Waals surface area contributed by atoms with Crippen LogP contribution in [-0.2, 0) is 7.05 Å². The zero-order valence-electron chi connectivity index (χ0n) is 12.3. The van der Waals surface area contributed by atoms with Crippen molar-refractivity contribution >= 4 is 16.7 Å². The first-order valence-electron chi connectivity index (χ1n) is 6.87. The molecular formula is C15H24N4. The Hall–Kier alpha value is -1.55. The van der Waals surface area contributed by atoms with Gasteiger partial charge in [0.15, 0.2) is 0 Å². The second kappa shape index (κ2) is 5.61.